The highest BCUT2D eigenvalue weighted by Crippen LogP contribution is 2.18. The number of hydrogen-bond donors (Lipinski definition) is 0. The molecule has 0 bridgehead atoms. The van der Waals surface area contributed by atoms with E-state index in [2.05, 4.69) is 32.0 Å². The van der Waals surface area contributed by atoms with E-state index in [9.17, 15) is 0 Å². The molecule has 92 valence electrons. The lowest BCUT2D eigenvalue weighted by Gasteiger charge is -2.27. The van der Waals surface area contributed by atoms with Crippen molar-refractivity contribution in [2.24, 2.45) is 0 Å². The van der Waals surface area contributed by atoms with Gasteiger partial charge in [0.2, 0.25) is 0 Å². The van der Waals surface area contributed by atoms with Crippen LogP contribution in [0.4, 0.5) is 0 Å². The monoisotopic (exact) mass is 240 g/mol. The van der Waals surface area contributed by atoms with Gasteiger partial charge in [-0.3, -0.25) is 9.88 Å². The fourth-order valence-corrected chi connectivity index (χ4v) is 2.34. The van der Waals surface area contributed by atoms with Crippen LogP contribution in [0.3, 0.4) is 0 Å². The van der Waals surface area contributed by atoms with Gasteiger partial charge in [-0.25, -0.2) is 9.97 Å². The minimum atomic E-state index is 0.861. The van der Waals surface area contributed by atoms with E-state index in [4.69, 9.17) is 0 Å². The average molecular weight is 240 g/mol. The van der Waals surface area contributed by atoms with Crippen LogP contribution in [0.1, 0.15) is 22.6 Å². The van der Waals surface area contributed by atoms with E-state index in [0.29, 0.717) is 0 Å². The van der Waals surface area contributed by atoms with E-state index in [-0.39, 0.29) is 0 Å². The quantitative estimate of drug-likeness (QED) is 0.802. The van der Waals surface area contributed by atoms with Gasteiger partial charge >= 0.3 is 0 Å². The summed E-state index contributed by atoms with van der Waals surface area (Å²) < 4.78 is 0. The molecule has 1 aliphatic rings. The molecule has 0 amide bonds. The molecule has 0 aliphatic carbocycles. The Hall–Kier alpha value is -1.81. The standard InChI is InChI=1S/C14H16N4/c1-11-16-8-13-4-7-18(10-14(13)17-11)9-12-2-5-15-6-3-12/h2-3,5-6,8H,4,7,9-10H2,1H3. The van der Waals surface area contributed by atoms with Crippen molar-refractivity contribution in [3.63, 3.8) is 0 Å². The van der Waals surface area contributed by atoms with E-state index >= 15 is 0 Å². The predicted molar refractivity (Wildman–Crippen MR) is 68.8 cm³/mol. The second-order valence-electron chi connectivity index (χ2n) is 4.71. The first-order valence-corrected chi connectivity index (χ1v) is 6.24. The van der Waals surface area contributed by atoms with Crippen molar-refractivity contribution in [3.05, 3.63) is 53.4 Å². The summed E-state index contributed by atoms with van der Waals surface area (Å²) >= 11 is 0. The van der Waals surface area contributed by atoms with Gasteiger partial charge in [-0.05, 0) is 36.6 Å². The normalized spacial score (nSPS) is 15.4. The second kappa shape index (κ2) is 4.82. The Kier molecular flexibility index (Phi) is 3.02. The van der Waals surface area contributed by atoms with Gasteiger partial charge in [-0.2, -0.15) is 0 Å². The molecule has 0 atom stereocenters. The molecular formula is C14H16N4. The van der Waals surface area contributed by atoms with Crippen LogP contribution in [0, 0.1) is 6.92 Å². The first kappa shape index (κ1) is 11.3. The maximum atomic E-state index is 4.54. The number of aromatic nitrogens is 3. The molecule has 0 unspecified atom stereocenters. The summed E-state index contributed by atoms with van der Waals surface area (Å²) in [5.74, 6) is 0.861. The van der Waals surface area contributed by atoms with Crippen LogP contribution in [-0.4, -0.2) is 26.4 Å². The molecule has 1 aliphatic heterocycles. The zero-order valence-electron chi connectivity index (χ0n) is 10.5. The summed E-state index contributed by atoms with van der Waals surface area (Å²) in [4.78, 5) is 15.3. The Morgan fingerprint density at radius 1 is 1.28 bits per heavy atom. The van der Waals surface area contributed by atoms with Gasteiger partial charge in [0.15, 0.2) is 0 Å². The number of hydrogen-bond acceptors (Lipinski definition) is 4. The zero-order valence-corrected chi connectivity index (χ0v) is 10.5. The van der Waals surface area contributed by atoms with Gasteiger partial charge in [0, 0.05) is 38.2 Å². The molecule has 0 aromatic carbocycles. The zero-order chi connectivity index (χ0) is 12.4. The number of aryl methyl sites for hydroxylation is 1. The maximum absolute atomic E-state index is 4.54. The molecule has 0 saturated carbocycles. The molecule has 3 heterocycles. The Morgan fingerprint density at radius 2 is 2.11 bits per heavy atom. The van der Waals surface area contributed by atoms with Crippen LogP contribution >= 0.6 is 0 Å². The summed E-state index contributed by atoms with van der Waals surface area (Å²) in [6.45, 7) is 4.90. The highest BCUT2D eigenvalue weighted by Gasteiger charge is 2.17. The lowest BCUT2D eigenvalue weighted by atomic mass is 10.1. The van der Waals surface area contributed by atoms with E-state index < -0.39 is 0 Å². The molecule has 3 rings (SSSR count). The summed E-state index contributed by atoms with van der Waals surface area (Å²) in [5, 5.41) is 0. The molecule has 4 heteroatoms. The molecule has 0 radical (unpaired) electrons. The minimum absolute atomic E-state index is 0.861. The second-order valence-corrected chi connectivity index (χ2v) is 4.71. The van der Waals surface area contributed by atoms with Gasteiger partial charge in [0.05, 0.1) is 5.69 Å². The van der Waals surface area contributed by atoms with Crippen molar-refractivity contribution >= 4 is 0 Å². The molecule has 0 fully saturated rings. The minimum Gasteiger partial charge on any atom is -0.293 e. The van der Waals surface area contributed by atoms with Gasteiger partial charge in [0.25, 0.3) is 0 Å². The van der Waals surface area contributed by atoms with Gasteiger partial charge in [-0.1, -0.05) is 0 Å². The van der Waals surface area contributed by atoms with Crippen molar-refractivity contribution in [1.29, 1.82) is 0 Å². The van der Waals surface area contributed by atoms with E-state index in [1.807, 2.05) is 25.5 Å². The van der Waals surface area contributed by atoms with Gasteiger partial charge < -0.3 is 0 Å². The molecule has 2 aromatic rings. The van der Waals surface area contributed by atoms with Crippen LogP contribution in [-0.2, 0) is 19.5 Å². The van der Waals surface area contributed by atoms with Crippen molar-refractivity contribution in [2.45, 2.75) is 26.4 Å². The molecule has 0 saturated heterocycles. The summed E-state index contributed by atoms with van der Waals surface area (Å²) in [7, 11) is 0. The van der Waals surface area contributed by atoms with E-state index in [1.165, 1.54) is 16.8 Å². The molecule has 2 aromatic heterocycles. The van der Waals surface area contributed by atoms with Crippen molar-refractivity contribution in [1.82, 2.24) is 19.9 Å². The topological polar surface area (TPSA) is 41.9 Å². The van der Waals surface area contributed by atoms with Crippen LogP contribution < -0.4 is 0 Å². The molecular weight excluding hydrogens is 224 g/mol. The average Bonchev–Trinajstić information content (AvgIpc) is 2.39. The predicted octanol–water partition coefficient (Wildman–Crippen LogP) is 1.74. The lowest BCUT2D eigenvalue weighted by Crippen LogP contribution is -2.31. The molecule has 18 heavy (non-hydrogen) atoms. The Morgan fingerprint density at radius 3 is 2.94 bits per heavy atom. The Balaban J connectivity index is 1.75. The molecule has 0 spiro atoms. The number of rotatable bonds is 2. The van der Waals surface area contributed by atoms with Crippen molar-refractivity contribution in [3.8, 4) is 0 Å². The summed E-state index contributed by atoms with van der Waals surface area (Å²) in [5.41, 5.74) is 3.79. The first-order chi connectivity index (χ1) is 8.81. The van der Waals surface area contributed by atoms with Crippen LogP contribution in [0.2, 0.25) is 0 Å². The van der Waals surface area contributed by atoms with Crippen LogP contribution in [0.5, 0.6) is 0 Å². The summed E-state index contributed by atoms with van der Waals surface area (Å²) in [6.07, 6.45) is 6.71. The fourth-order valence-electron chi connectivity index (χ4n) is 2.34. The third-order valence-corrected chi connectivity index (χ3v) is 3.30. The third kappa shape index (κ3) is 2.38. The Labute approximate surface area is 107 Å². The SMILES string of the molecule is Cc1ncc2c(n1)CN(Cc1ccncc1)CC2. The van der Waals surface area contributed by atoms with Crippen LogP contribution in [0.15, 0.2) is 30.7 Å². The van der Waals surface area contributed by atoms with Crippen LogP contribution in [0.25, 0.3) is 0 Å². The summed E-state index contributed by atoms with van der Waals surface area (Å²) in [6, 6.07) is 4.14. The number of pyridine rings is 1. The molecule has 0 N–H and O–H groups in total. The third-order valence-electron chi connectivity index (χ3n) is 3.30. The van der Waals surface area contributed by atoms with E-state index in [1.54, 1.807) is 0 Å². The van der Waals surface area contributed by atoms with Crippen molar-refractivity contribution in [2.75, 3.05) is 6.54 Å². The number of nitrogens with zero attached hydrogens (tertiary/aromatic N) is 4. The largest absolute Gasteiger partial charge is 0.293 e. The maximum Gasteiger partial charge on any atom is 0.125 e. The highest BCUT2D eigenvalue weighted by molar-refractivity contribution is 5.21. The first-order valence-electron chi connectivity index (χ1n) is 6.24. The fraction of sp³-hybridized carbons (Fsp3) is 0.357. The van der Waals surface area contributed by atoms with Gasteiger partial charge in [-0.15, -0.1) is 0 Å². The molecule has 4 nitrogen and oxygen atoms in total. The lowest BCUT2D eigenvalue weighted by molar-refractivity contribution is 0.241. The smallest absolute Gasteiger partial charge is 0.125 e. The van der Waals surface area contributed by atoms with E-state index in [0.717, 1.165) is 31.9 Å². The Bertz CT molecular complexity index is 539. The highest BCUT2D eigenvalue weighted by atomic mass is 15.1. The van der Waals surface area contributed by atoms with Crippen molar-refractivity contribution < 1.29 is 0 Å². The number of fused-ring (bicyclic) bond motifs is 1. The van der Waals surface area contributed by atoms with Gasteiger partial charge in [0.1, 0.15) is 5.82 Å².